The molecule has 1 amide bonds. The number of ether oxygens (including phenoxy) is 2. The summed E-state index contributed by atoms with van der Waals surface area (Å²) >= 11 is 0. The molecular formula is C15H21N3O5S. The summed E-state index contributed by atoms with van der Waals surface area (Å²) < 4.78 is 37.2. The maximum atomic E-state index is 12.6. The van der Waals surface area contributed by atoms with Crippen LogP contribution in [0, 0.1) is 0 Å². The third-order valence-corrected chi connectivity index (χ3v) is 5.72. The number of carbonyl (C=O) groups is 1. The van der Waals surface area contributed by atoms with Gasteiger partial charge in [-0.25, -0.2) is 8.42 Å². The molecule has 1 aromatic rings. The van der Waals surface area contributed by atoms with Crippen LogP contribution in [-0.4, -0.2) is 64.3 Å². The van der Waals surface area contributed by atoms with Gasteiger partial charge in [0.25, 0.3) is 0 Å². The third kappa shape index (κ3) is 4.04. The smallest absolute Gasteiger partial charge is 0.243 e. The van der Waals surface area contributed by atoms with Gasteiger partial charge in [0.15, 0.2) is 6.29 Å². The van der Waals surface area contributed by atoms with Crippen LogP contribution in [-0.2, 0) is 24.3 Å². The van der Waals surface area contributed by atoms with E-state index in [1.165, 1.54) is 10.4 Å². The van der Waals surface area contributed by atoms with Crippen LogP contribution in [0.5, 0.6) is 0 Å². The Kier molecular flexibility index (Phi) is 5.34. The first-order valence-electron chi connectivity index (χ1n) is 7.90. The second-order valence-corrected chi connectivity index (χ2v) is 7.54. The van der Waals surface area contributed by atoms with E-state index < -0.39 is 10.0 Å². The number of piperazine rings is 1. The van der Waals surface area contributed by atoms with Crippen molar-refractivity contribution in [2.75, 3.05) is 44.7 Å². The van der Waals surface area contributed by atoms with Gasteiger partial charge in [-0.3, -0.25) is 4.79 Å². The molecule has 0 spiro atoms. The van der Waals surface area contributed by atoms with E-state index in [0.717, 1.165) is 0 Å². The SMILES string of the molecule is O=C1CN(S(=O)(=O)c2cccc(NCCC3OCCO3)c2)CCN1. The van der Waals surface area contributed by atoms with Crippen molar-refractivity contribution in [1.29, 1.82) is 0 Å². The Morgan fingerprint density at radius 1 is 1.29 bits per heavy atom. The summed E-state index contributed by atoms with van der Waals surface area (Å²) in [6.07, 6.45) is 0.486. The minimum Gasteiger partial charge on any atom is -0.385 e. The molecule has 1 aromatic carbocycles. The number of rotatable bonds is 6. The highest BCUT2D eigenvalue weighted by Crippen LogP contribution is 2.20. The fourth-order valence-electron chi connectivity index (χ4n) is 2.64. The first-order chi connectivity index (χ1) is 11.6. The molecule has 2 N–H and O–H groups in total. The van der Waals surface area contributed by atoms with Gasteiger partial charge >= 0.3 is 0 Å². The van der Waals surface area contributed by atoms with Crippen LogP contribution in [0.2, 0.25) is 0 Å². The largest absolute Gasteiger partial charge is 0.385 e. The van der Waals surface area contributed by atoms with E-state index in [1.54, 1.807) is 18.2 Å². The van der Waals surface area contributed by atoms with Crippen molar-refractivity contribution in [2.24, 2.45) is 0 Å². The van der Waals surface area contributed by atoms with Crippen LogP contribution in [0.3, 0.4) is 0 Å². The molecule has 0 unspecified atom stereocenters. The number of sulfonamides is 1. The quantitative estimate of drug-likeness (QED) is 0.745. The van der Waals surface area contributed by atoms with E-state index in [-0.39, 0.29) is 30.2 Å². The average molecular weight is 355 g/mol. The van der Waals surface area contributed by atoms with Crippen molar-refractivity contribution in [1.82, 2.24) is 9.62 Å². The molecule has 2 fully saturated rings. The minimum absolute atomic E-state index is 0.143. The van der Waals surface area contributed by atoms with Crippen LogP contribution in [0.15, 0.2) is 29.2 Å². The Morgan fingerprint density at radius 3 is 2.83 bits per heavy atom. The Hall–Kier alpha value is -1.68. The van der Waals surface area contributed by atoms with Crippen LogP contribution in [0.1, 0.15) is 6.42 Å². The van der Waals surface area contributed by atoms with Crippen molar-refractivity contribution in [3.63, 3.8) is 0 Å². The van der Waals surface area contributed by atoms with E-state index in [4.69, 9.17) is 9.47 Å². The Bertz CT molecular complexity index is 688. The number of carbonyl (C=O) groups excluding carboxylic acids is 1. The van der Waals surface area contributed by atoms with Gasteiger partial charge in [0.1, 0.15) is 0 Å². The number of nitrogens with one attached hydrogen (secondary N) is 2. The van der Waals surface area contributed by atoms with Crippen molar-refractivity contribution in [2.45, 2.75) is 17.6 Å². The highest BCUT2D eigenvalue weighted by molar-refractivity contribution is 7.89. The van der Waals surface area contributed by atoms with Crippen molar-refractivity contribution in [3.05, 3.63) is 24.3 Å². The second-order valence-electron chi connectivity index (χ2n) is 5.60. The molecule has 0 aromatic heterocycles. The van der Waals surface area contributed by atoms with E-state index >= 15 is 0 Å². The summed E-state index contributed by atoms with van der Waals surface area (Å²) in [6.45, 7) is 2.31. The van der Waals surface area contributed by atoms with Crippen molar-refractivity contribution < 1.29 is 22.7 Å². The molecule has 3 rings (SSSR count). The van der Waals surface area contributed by atoms with E-state index in [1.807, 2.05) is 0 Å². The fraction of sp³-hybridized carbons (Fsp3) is 0.533. The fourth-order valence-corrected chi connectivity index (χ4v) is 4.09. The number of amides is 1. The van der Waals surface area contributed by atoms with Crippen LogP contribution >= 0.6 is 0 Å². The summed E-state index contributed by atoms with van der Waals surface area (Å²) in [7, 11) is -3.68. The monoisotopic (exact) mass is 355 g/mol. The highest BCUT2D eigenvalue weighted by Gasteiger charge is 2.29. The molecular weight excluding hydrogens is 334 g/mol. The Morgan fingerprint density at radius 2 is 2.08 bits per heavy atom. The minimum atomic E-state index is -3.68. The van der Waals surface area contributed by atoms with Gasteiger partial charge in [0.05, 0.1) is 24.7 Å². The summed E-state index contributed by atoms with van der Waals surface area (Å²) in [5, 5.41) is 5.79. The summed E-state index contributed by atoms with van der Waals surface area (Å²) in [5.41, 5.74) is 0.704. The number of anilines is 1. The number of hydrogen-bond acceptors (Lipinski definition) is 6. The lowest BCUT2D eigenvalue weighted by molar-refractivity contribution is -0.122. The molecule has 9 heteroatoms. The third-order valence-electron chi connectivity index (χ3n) is 3.88. The Labute approximate surface area is 141 Å². The van der Waals surface area contributed by atoms with Gasteiger partial charge in [-0.2, -0.15) is 4.31 Å². The topological polar surface area (TPSA) is 97.0 Å². The number of hydrogen-bond donors (Lipinski definition) is 2. The average Bonchev–Trinajstić information content (AvgIpc) is 3.08. The summed E-state index contributed by atoms with van der Waals surface area (Å²) in [6, 6.07) is 6.61. The molecule has 2 aliphatic rings. The van der Waals surface area contributed by atoms with Gasteiger partial charge < -0.3 is 20.1 Å². The standard InChI is InChI=1S/C15H21N3O5S/c19-14-11-18(7-6-17-14)24(20,21)13-3-1-2-12(10-13)16-5-4-15-22-8-9-23-15/h1-3,10,15-16H,4-9,11H2,(H,17,19). The van der Waals surface area contributed by atoms with Gasteiger partial charge in [0, 0.05) is 31.7 Å². The van der Waals surface area contributed by atoms with Crippen LogP contribution in [0.4, 0.5) is 5.69 Å². The second kappa shape index (κ2) is 7.47. The first-order valence-corrected chi connectivity index (χ1v) is 9.34. The number of nitrogens with zero attached hydrogens (tertiary/aromatic N) is 1. The van der Waals surface area contributed by atoms with Crippen LogP contribution in [0.25, 0.3) is 0 Å². The molecule has 0 radical (unpaired) electrons. The zero-order valence-corrected chi connectivity index (χ0v) is 14.0. The molecule has 2 saturated heterocycles. The highest BCUT2D eigenvalue weighted by atomic mass is 32.2. The lowest BCUT2D eigenvalue weighted by Crippen LogP contribution is -2.49. The normalized spacial score (nSPS) is 20.1. The van der Waals surface area contributed by atoms with E-state index in [2.05, 4.69) is 10.6 Å². The van der Waals surface area contributed by atoms with Gasteiger partial charge in [-0.15, -0.1) is 0 Å². The van der Waals surface area contributed by atoms with Crippen molar-refractivity contribution in [3.8, 4) is 0 Å². The predicted molar refractivity (Wildman–Crippen MR) is 87.0 cm³/mol. The molecule has 132 valence electrons. The molecule has 24 heavy (non-hydrogen) atoms. The number of benzene rings is 1. The van der Waals surface area contributed by atoms with Crippen LogP contribution < -0.4 is 10.6 Å². The molecule has 2 aliphatic heterocycles. The lowest BCUT2D eigenvalue weighted by Gasteiger charge is -2.26. The molecule has 0 atom stereocenters. The summed E-state index contributed by atoms with van der Waals surface area (Å²) in [5.74, 6) is -0.282. The zero-order valence-electron chi connectivity index (χ0n) is 13.2. The maximum absolute atomic E-state index is 12.6. The Balaban J connectivity index is 1.64. The van der Waals surface area contributed by atoms with Gasteiger partial charge in [0.2, 0.25) is 15.9 Å². The van der Waals surface area contributed by atoms with Gasteiger partial charge in [-0.05, 0) is 18.2 Å². The molecule has 2 heterocycles. The van der Waals surface area contributed by atoms with Gasteiger partial charge in [-0.1, -0.05) is 6.07 Å². The van der Waals surface area contributed by atoms with Crippen molar-refractivity contribution >= 4 is 21.6 Å². The molecule has 8 nitrogen and oxygen atoms in total. The zero-order chi connectivity index (χ0) is 17.0. The lowest BCUT2D eigenvalue weighted by atomic mass is 10.3. The molecule has 0 aliphatic carbocycles. The predicted octanol–water partition coefficient (Wildman–Crippen LogP) is -0.0180. The molecule has 0 saturated carbocycles. The maximum Gasteiger partial charge on any atom is 0.243 e. The van der Waals surface area contributed by atoms with E-state index in [9.17, 15) is 13.2 Å². The van der Waals surface area contributed by atoms with E-state index in [0.29, 0.717) is 38.4 Å². The molecule has 0 bridgehead atoms. The summed E-state index contributed by atoms with van der Waals surface area (Å²) in [4.78, 5) is 11.6. The first kappa shape index (κ1) is 17.2.